The average molecular weight is 170 g/mol. The zero-order chi connectivity index (χ0) is 9.19. The summed E-state index contributed by atoms with van der Waals surface area (Å²) in [7, 11) is 0. The zero-order valence-corrected chi connectivity index (χ0v) is 8.56. The molecule has 0 aliphatic carbocycles. The van der Waals surface area contributed by atoms with Gasteiger partial charge in [-0.1, -0.05) is 20.8 Å². The summed E-state index contributed by atoms with van der Waals surface area (Å²) in [5.41, 5.74) is 6.41. The van der Waals surface area contributed by atoms with Crippen LogP contribution in [0.15, 0.2) is 0 Å². The van der Waals surface area contributed by atoms with Gasteiger partial charge in [-0.05, 0) is 30.7 Å². The van der Waals surface area contributed by atoms with E-state index in [4.69, 9.17) is 5.73 Å². The molecule has 0 aromatic heterocycles. The van der Waals surface area contributed by atoms with Gasteiger partial charge in [0.05, 0.1) is 0 Å². The van der Waals surface area contributed by atoms with Gasteiger partial charge in [0.1, 0.15) is 0 Å². The maximum Gasteiger partial charge on any atom is 0.0206 e. The largest absolute Gasteiger partial charge is 0.326 e. The summed E-state index contributed by atoms with van der Waals surface area (Å²) in [5.74, 6) is 0.712. The van der Waals surface area contributed by atoms with E-state index in [9.17, 15) is 0 Å². The number of nitrogens with two attached hydrogens (primary N) is 1. The predicted octanol–water partition coefficient (Wildman–Crippen LogP) is 1.36. The highest BCUT2D eigenvalue weighted by molar-refractivity contribution is 4.84. The van der Waals surface area contributed by atoms with Crippen molar-refractivity contribution in [1.82, 2.24) is 5.32 Å². The van der Waals surface area contributed by atoms with Crippen molar-refractivity contribution in [2.45, 2.75) is 39.7 Å². The molecular formula is C10H22N2. The molecule has 2 nitrogen and oxygen atoms in total. The third-order valence-corrected chi connectivity index (χ3v) is 2.66. The first-order valence-corrected chi connectivity index (χ1v) is 4.95. The fourth-order valence-corrected chi connectivity index (χ4v) is 1.69. The molecule has 1 saturated heterocycles. The summed E-state index contributed by atoms with van der Waals surface area (Å²) < 4.78 is 0. The molecule has 0 saturated carbocycles. The Balaban J connectivity index is 2.23. The second-order valence-electron chi connectivity index (χ2n) is 5.18. The molecular weight excluding hydrogens is 148 g/mol. The average Bonchev–Trinajstić information content (AvgIpc) is 2.29. The van der Waals surface area contributed by atoms with Crippen LogP contribution in [0.25, 0.3) is 0 Å². The molecule has 0 aromatic rings. The van der Waals surface area contributed by atoms with Gasteiger partial charge >= 0.3 is 0 Å². The topological polar surface area (TPSA) is 38.0 Å². The van der Waals surface area contributed by atoms with Crippen LogP contribution >= 0.6 is 0 Å². The van der Waals surface area contributed by atoms with Crippen LogP contribution in [0.5, 0.6) is 0 Å². The Morgan fingerprint density at radius 2 is 2.00 bits per heavy atom. The lowest BCUT2D eigenvalue weighted by Crippen LogP contribution is -2.29. The van der Waals surface area contributed by atoms with Crippen molar-refractivity contribution in [3.63, 3.8) is 0 Å². The molecule has 0 amide bonds. The molecule has 0 radical (unpaired) electrons. The van der Waals surface area contributed by atoms with Crippen LogP contribution in [-0.4, -0.2) is 19.1 Å². The number of rotatable bonds is 2. The molecule has 1 heterocycles. The molecule has 12 heavy (non-hydrogen) atoms. The van der Waals surface area contributed by atoms with Gasteiger partial charge in [0.25, 0.3) is 0 Å². The Hall–Kier alpha value is -0.0800. The van der Waals surface area contributed by atoms with Crippen molar-refractivity contribution in [3.05, 3.63) is 0 Å². The number of hydrogen-bond donors (Lipinski definition) is 2. The summed E-state index contributed by atoms with van der Waals surface area (Å²) in [6, 6.07) is 0.396. The normalized spacial score (nSPS) is 31.0. The van der Waals surface area contributed by atoms with Gasteiger partial charge in [-0.2, -0.15) is 0 Å². The molecule has 1 fully saturated rings. The van der Waals surface area contributed by atoms with Gasteiger partial charge in [0, 0.05) is 12.6 Å². The van der Waals surface area contributed by atoms with E-state index in [0.717, 1.165) is 13.1 Å². The van der Waals surface area contributed by atoms with Crippen molar-refractivity contribution in [2.75, 3.05) is 13.1 Å². The molecule has 0 unspecified atom stereocenters. The minimum Gasteiger partial charge on any atom is -0.326 e. The molecule has 72 valence electrons. The van der Waals surface area contributed by atoms with Crippen LogP contribution in [0.1, 0.15) is 33.6 Å². The molecule has 1 aliphatic rings. The smallest absolute Gasteiger partial charge is 0.0206 e. The van der Waals surface area contributed by atoms with Crippen LogP contribution in [0.2, 0.25) is 0 Å². The van der Waals surface area contributed by atoms with Crippen molar-refractivity contribution >= 4 is 0 Å². The molecule has 3 N–H and O–H groups in total. The Morgan fingerprint density at radius 1 is 1.33 bits per heavy atom. The Kier molecular flexibility index (Phi) is 3.13. The van der Waals surface area contributed by atoms with E-state index in [1.807, 2.05) is 0 Å². The minimum absolute atomic E-state index is 0.396. The van der Waals surface area contributed by atoms with Crippen molar-refractivity contribution in [1.29, 1.82) is 0 Å². The van der Waals surface area contributed by atoms with Gasteiger partial charge in [0.15, 0.2) is 0 Å². The third kappa shape index (κ3) is 3.11. The van der Waals surface area contributed by atoms with E-state index in [1.54, 1.807) is 0 Å². The lowest BCUT2D eigenvalue weighted by molar-refractivity contribution is 0.320. The van der Waals surface area contributed by atoms with Gasteiger partial charge in [-0.3, -0.25) is 0 Å². The van der Waals surface area contributed by atoms with E-state index in [-0.39, 0.29) is 0 Å². The molecule has 0 bridgehead atoms. The molecule has 1 aliphatic heterocycles. The lowest BCUT2D eigenvalue weighted by atomic mass is 9.85. The Morgan fingerprint density at radius 3 is 2.42 bits per heavy atom. The standard InChI is InChI=1S/C10H22N2/c1-10(2,3)5-4-8-6-12-7-9(8)11/h8-9,12H,4-7,11H2,1-3H3/t8-,9+/m0/s1. The molecule has 2 atom stereocenters. The van der Waals surface area contributed by atoms with Gasteiger partial charge in [0.2, 0.25) is 0 Å². The number of hydrogen-bond acceptors (Lipinski definition) is 2. The summed E-state index contributed by atoms with van der Waals surface area (Å²) in [6.07, 6.45) is 2.56. The monoisotopic (exact) mass is 170 g/mol. The van der Waals surface area contributed by atoms with Gasteiger partial charge in [-0.15, -0.1) is 0 Å². The van der Waals surface area contributed by atoms with Gasteiger partial charge < -0.3 is 11.1 Å². The minimum atomic E-state index is 0.396. The first-order valence-electron chi connectivity index (χ1n) is 4.95. The number of nitrogens with one attached hydrogen (secondary N) is 1. The summed E-state index contributed by atoms with van der Waals surface area (Å²) in [4.78, 5) is 0. The fraction of sp³-hybridized carbons (Fsp3) is 1.00. The second-order valence-corrected chi connectivity index (χ2v) is 5.18. The third-order valence-electron chi connectivity index (χ3n) is 2.66. The Bertz CT molecular complexity index is 137. The lowest BCUT2D eigenvalue weighted by Gasteiger charge is -2.22. The van der Waals surface area contributed by atoms with Crippen molar-refractivity contribution in [2.24, 2.45) is 17.1 Å². The first-order chi connectivity index (χ1) is 5.49. The summed E-state index contributed by atoms with van der Waals surface area (Å²) in [5, 5.41) is 3.33. The highest BCUT2D eigenvalue weighted by atomic mass is 15.0. The Labute approximate surface area is 75.9 Å². The van der Waals surface area contributed by atoms with Crippen LogP contribution in [0.4, 0.5) is 0 Å². The van der Waals surface area contributed by atoms with Crippen LogP contribution < -0.4 is 11.1 Å². The van der Waals surface area contributed by atoms with Crippen molar-refractivity contribution < 1.29 is 0 Å². The van der Waals surface area contributed by atoms with Crippen molar-refractivity contribution in [3.8, 4) is 0 Å². The van der Waals surface area contributed by atoms with E-state index in [2.05, 4.69) is 26.1 Å². The maximum atomic E-state index is 5.95. The fourth-order valence-electron chi connectivity index (χ4n) is 1.69. The SMILES string of the molecule is CC(C)(C)CC[C@H]1CNC[C@H]1N. The molecule has 2 heteroatoms. The highest BCUT2D eigenvalue weighted by Gasteiger charge is 2.24. The van der Waals surface area contributed by atoms with Gasteiger partial charge in [-0.25, -0.2) is 0 Å². The van der Waals surface area contributed by atoms with E-state index < -0.39 is 0 Å². The molecule has 0 aromatic carbocycles. The van der Waals surface area contributed by atoms with Crippen LogP contribution in [0.3, 0.4) is 0 Å². The maximum absolute atomic E-state index is 5.95. The first kappa shape index (κ1) is 10.0. The van der Waals surface area contributed by atoms with Crippen LogP contribution in [0, 0.1) is 11.3 Å². The molecule has 0 spiro atoms. The second kappa shape index (κ2) is 3.75. The van der Waals surface area contributed by atoms with E-state index in [0.29, 0.717) is 17.4 Å². The highest BCUT2D eigenvalue weighted by Crippen LogP contribution is 2.25. The predicted molar refractivity (Wildman–Crippen MR) is 53.0 cm³/mol. The van der Waals surface area contributed by atoms with Crippen LogP contribution in [-0.2, 0) is 0 Å². The van der Waals surface area contributed by atoms with E-state index >= 15 is 0 Å². The summed E-state index contributed by atoms with van der Waals surface area (Å²) >= 11 is 0. The van der Waals surface area contributed by atoms with E-state index in [1.165, 1.54) is 12.8 Å². The quantitative estimate of drug-likeness (QED) is 0.656. The zero-order valence-electron chi connectivity index (χ0n) is 8.56. The molecule has 1 rings (SSSR count). The summed E-state index contributed by atoms with van der Waals surface area (Å²) in [6.45, 7) is 9.01.